The summed E-state index contributed by atoms with van der Waals surface area (Å²) in [6, 6.07) is 0. The van der Waals surface area contributed by atoms with Gasteiger partial charge in [-0.3, -0.25) is 0 Å². The molecule has 32 valence electrons. The van der Waals surface area contributed by atoms with Gasteiger partial charge in [0.15, 0.2) is 0 Å². The number of hydrogen-bond acceptors (Lipinski definition) is 0. The van der Waals surface area contributed by atoms with Crippen molar-refractivity contribution in [1.29, 1.82) is 0 Å². The first-order chi connectivity index (χ1) is 0. The Bertz CT molecular complexity index is 9.65. The monoisotopic (exact) mass is 250 g/mol. The van der Waals surface area contributed by atoms with E-state index in [9.17, 15) is 0 Å². The van der Waals surface area contributed by atoms with E-state index in [1.54, 1.807) is 0 Å². The van der Waals surface area contributed by atoms with Crippen LogP contribution in [0.2, 0.25) is 0 Å². The Morgan fingerprint density at radius 3 is 0.600 bits per heavy atom. The summed E-state index contributed by atoms with van der Waals surface area (Å²) < 4.78 is 0. The van der Waals surface area contributed by atoms with Crippen LogP contribution in [-0.4, -0.2) is 0 Å². The number of rotatable bonds is 0. The molecule has 0 aromatic carbocycles. The van der Waals surface area contributed by atoms with Crippen LogP contribution in [-0.2, 0) is 43.0 Å². The molecule has 0 amide bonds. The molecule has 0 bridgehead atoms. The molecule has 0 fully saturated rings. The minimum Gasteiger partial charge on any atom is -2.00 e. The second-order valence-corrected chi connectivity index (χ2v) is 0. The van der Waals surface area contributed by atoms with Gasteiger partial charge >= 0.3 is 23.9 Å². The fraction of sp³-hybridized carbons (Fsp3) is 0. The Hall–Kier alpha value is 0.528. The van der Waals surface area contributed by atoms with Gasteiger partial charge in [-0.15, -0.1) is 0 Å². The molecule has 0 saturated carbocycles. The molecule has 0 aliphatic rings. The van der Waals surface area contributed by atoms with Gasteiger partial charge in [0.1, 0.15) is 0 Å². The molecule has 0 atom stereocenters. The van der Waals surface area contributed by atoms with Crippen molar-refractivity contribution in [2.75, 3.05) is 0 Å². The van der Waals surface area contributed by atoms with Crippen LogP contribution >= 0.6 is 0 Å². The molecule has 0 heterocycles. The van der Waals surface area contributed by atoms with E-state index in [4.69, 9.17) is 0 Å². The second-order valence-electron chi connectivity index (χ2n) is 0. The van der Waals surface area contributed by atoms with Gasteiger partial charge in [0, 0.05) is 0 Å². The predicted molar refractivity (Wildman–Crippen MR) is 4.97 cm³/mol. The third-order valence-electron chi connectivity index (χ3n) is 0. The molecule has 5 heavy (non-hydrogen) atoms. The molecule has 0 aliphatic heterocycles. The van der Waals surface area contributed by atoms with E-state index in [-0.39, 0.29) is 45.8 Å². The smallest absolute Gasteiger partial charge is 2.00 e. The standard InChI is InChI=1S/4O.W/q4*-2;+6/p+2. The molecule has 0 radical (unpaired) electrons. The Morgan fingerprint density at radius 1 is 0.600 bits per heavy atom. The first-order valence-corrected chi connectivity index (χ1v) is 0. The maximum Gasteiger partial charge on any atom is 6.00 e. The zero-order chi connectivity index (χ0) is 0. The molecule has 0 aromatic rings. The molecule has 0 unspecified atom stereocenters. The predicted octanol–water partition coefficient (Wildman–Crippen LogP) is -0.253. The Morgan fingerprint density at radius 2 is 0.600 bits per heavy atom. The van der Waals surface area contributed by atoms with Gasteiger partial charge < -0.3 is 21.9 Å². The summed E-state index contributed by atoms with van der Waals surface area (Å²) >= 11 is 0. The van der Waals surface area contributed by atoms with Crippen LogP contribution in [0.5, 0.6) is 0 Å². The molecule has 0 saturated heterocycles. The summed E-state index contributed by atoms with van der Waals surface area (Å²) in [5.74, 6) is 0. The van der Waals surface area contributed by atoms with Gasteiger partial charge in [-0.2, -0.15) is 0 Å². The van der Waals surface area contributed by atoms with Crippen molar-refractivity contribution < 1.29 is 45.8 Å². The quantitative estimate of drug-likeness (QED) is 0.563. The molecule has 5 heteroatoms. The summed E-state index contributed by atoms with van der Waals surface area (Å²) in [6.07, 6.45) is 0. The fourth-order valence-corrected chi connectivity index (χ4v) is 0. The van der Waals surface area contributed by atoms with E-state index in [1.807, 2.05) is 0 Å². The van der Waals surface area contributed by atoms with E-state index in [0.29, 0.717) is 0 Å². The molecule has 4 nitrogen and oxygen atoms in total. The van der Waals surface area contributed by atoms with Crippen molar-refractivity contribution in [1.82, 2.24) is 0 Å². The van der Waals surface area contributed by atoms with Crippen molar-refractivity contribution in [3.05, 3.63) is 0 Å². The molecule has 0 N–H and O–H groups in total. The third-order valence-corrected chi connectivity index (χ3v) is 0. The van der Waals surface area contributed by atoms with Crippen LogP contribution in [0.25, 0.3) is 0 Å². The summed E-state index contributed by atoms with van der Waals surface area (Å²) in [7, 11) is 0. The van der Waals surface area contributed by atoms with Crippen LogP contribution in [0.1, 0.15) is 2.85 Å². The van der Waals surface area contributed by atoms with Crippen LogP contribution < -0.4 is 0 Å². The molecular weight excluding hydrogens is 248 g/mol. The maximum atomic E-state index is 0. The van der Waals surface area contributed by atoms with Crippen molar-refractivity contribution in [2.45, 2.75) is 0 Å². The zero-order valence-corrected chi connectivity index (χ0v) is 4.97. The average Bonchev–Trinajstić information content (AvgIpc) is 0. The minimum atomic E-state index is 0. The maximum absolute atomic E-state index is 0. The summed E-state index contributed by atoms with van der Waals surface area (Å²) in [5.41, 5.74) is 0. The Kier molecular flexibility index (Phi) is 16400. The van der Waals surface area contributed by atoms with Crippen molar-refractivity contribution in [2.24, 2.45) is 0 Å². The van der Waals surface area contributed by atoms with Crippen LogP contribution in [0.4, 0.5) is 0 Å². The molecule has 0 aromatic heterocycles. The molecule has 0 spiro atoms. The third kappa shape index (κ3) is 104. The van der Waals surface area contributed by atoms with Gasteiger partial charge in [-0.25, -0.2) is 0 Å². The largest absolute Gasteiger partial charge is 6.00 e. The van der Waals surface area contributed by atoms with Crippen LogP contribution in [0, 0.1) is 0 Å². The molecule has 0 aliphatic carbocycles. The fourth-order valence-electron chi connectivity index (χ4n) is 0. The average molecular weight is 250 g/mol. The summed E-state index contributed by atoms with van der Waals surface area (Å²) in [5, 5.41) is 0. The van der Waals surface area contributed by atoms with Gasteiger partial charge in [0.25, 0.3) is 0 Å². The van der Waals surface area contributed by atoms with Crippen LogP contribution in [0.15, 0.2) is 0 Å². The summed E-state index contributed by atoms with van der Waals surface area (Å²) in [6.45, 7) is 0. The van der Waals surface area contributed by atoms with E-state index in [1.165, 1.54) is 0 Å². The van der Waals surface area contributed by atoms with Gasteiger partial charge in [0.2, 0.25) is 0 Å². The topological polar surface area (TPSA) is 114 Å². The first kappa shape index (κ1) is 406. The van der Waals surface area contributed by atoms with Crippen molar-refractivity contribution >= 4 is 0 Å². The van der Waals surface area contributed by atoms with Gasteiger partial charge in [-0.1, -0.05) is 0 Å². The van der Waals surface area contributed by atoms with Crippen molar-refractivity contribution in [3.8, 4) is 0 Å². The first-order valence-electron chi connectivity index (χ1n) is 0. The van der Waals surface area contributed by atoms with Gasteiger partial charge in [0.05, 0.1) is 0 Å². The molecule has 0 rings (SSSR count). The van der Waals surface area contributed by atoms with E-state index < -0.39 is 0 Å². The SMILES string of the molecule is [H+].[H+].[O-2].[O-2].[O-2].[O-2].[W+6]. The number of hydrogen-bond donors (Lipinski definition) is 0. The van der Waals surface area contributed by atoms with E-state index >= 15 is 0 Å². The second kappa shape index (κ2) is 202. The minimum absolute atomic E-state index is 0. The molecular formula is H2O4W. The van der Waals surface area contributed by atoms with E-state index in [0.717, 1.165) is 0 Å². The van der Waals surface area contributed by atoms with Gasteiger partial charge in [-0.05, 0) is 0 Å². The van der Waals surface area contributed by atoms with Crippen molar-refractivity contribution in [3.63, 3.8) is 0 Å². The Labute approximate surface area is 46.6 Å². The summed E-state index contributed by atoms with van der Waals surface area (Å²) in [4.78, 5) is 0. The Balaban J connectivity index is 0. The normalized spacial score (nSPS) is 0. The van der Waals surface area contributed by atoms with E-state index in [2.05, 4.69) is 0 Å². The zero-order valence-electron chi connectivity index (χ0n) is 4.04. The van der Waals surface area contributed by atoms with Crippen LogP contribution in [0.3, 0.4) is 0 Å².